The molecule has 2 aromatic rings. The van der Waals surface area contributed by atoms with Crippen molar-refractivity contribution in [2.24, 2.45) is 0 Å². The Morgan fingerprint density at radius 3 is 2.53 bits per heavy atom. The van der Waals surface area contributed by atoms with Crippen LogP contribution >= 0.6 is 11.3 Å². The fraction of sp³-hybridized carbons (Fsp3) is 0.412. The molecule has 19 heavy (non-hydrogen) atoms. The molecule has 0 aliphatic heterocycles. The van der Waals surface area contributed by atoms with Crippen LogP contribution < -0.4 is 5.32 Å². The summed E-state index contributed by atoms with van der Waals surface area (Å²) in [7, 11) is 0. The highest BCUT2D eigenvalue weighted by atomic mass is 32.1. The van der Waals surface area contributed by atoms with E-state index in [9.17, 15) is 0 Å². The van der Waals surface area contributed by atoms with Gasteiger partial charge in [0.2, 0.25) is 0 Å². The van der Waals surface area contributed by atoms with Crippen LogP contribution in [0.25, 0.3) is 0 Å². The summed E-state index contributed by atoms with van der Waals surface area (Å²) in [6.07, 6.45) is 1.14. The van der Waals surface area contributed by atoms with E-state index in [0.29, 0.717) is 6.04 Å². The van der Waals surface area contributed by atoms with Gasteiger partial charge < -0.3 is 5.32 Å². The van der Waals surface area contributed by atoms with Crippen molar-refractivity contribution in [3.8, 4) is 0 Å². The largest absolute Gasteiger partial charge is 0.305 e. The summed E-state index contributed by atoms with van der Waals surface area (Å²) < 4.78 is 0. The lowest BCUT2D eigenvalue weighted by atomic mass is 10.00. The first kappa shape index (κ1) is 14.3. The first-order valence-corrected chi connectivity index (χ1v) is 7.80. The lowest BCUT2D eigenvalue weighted by Gasteiger charge is -2.17. The first-order valence-electron chi connectivity index (χ1n) is 6.98. The molecule has 2 rings (SSSR count). The third kappa shape index (κ3) is 3.68. The second-order valence-electron chi connectivity index (χ2n) is 5.18. The predicted octanol–water partition coefficient (Wildman–Crippen LogP) is 4.78. The number of hydrogen-bond donors (Lipinski definition) is 1. The number of aryl methyl sites for hydroxylation is 3. The molecule has 1 aromatic carbocycles. The highest BCUT2D eigenvalue weighted by Crippen LogP contribution is 2.21. The van der Waals surface area contributed by atoms with E-state index < -0.39 is 0 Å². The van der Waals surface area contributed by atoms with E-state index in [0.717, 1.165) is 13.0 Å². The van der Waals surface area contributed by atoms with E-state index in [1.165, 1.54) is 26.4 Å². The zero-order valence-electron chi connectivity index (χ0n) is 12.3. The van der Waals surface area contributed by atoms with Gasteiger partial charge in [0.15, 0.2) is 0 Å². The molecule has 0 aliphatic carbocycles. The van der Waals surface area contributed by atoms with Crippen LogP contribution in [0.5, 0.6) is 0 Å². The summed E-state index contributed by atoms with van der Waals surface area (Å²) in [5, 5.41) is 3.63. The molecule has 1 N–H and O–H groups in total. The normalized spacial score (nSPS) is 12.6. The first-order chi connectivity index (χ1) is 9.10. The van der Waals surface area contributed by atoms with Gasteiger partial charge in [0.1, 0.15) is 0 Å². The van der Waals surface area contributed by atoms with E-state index in [2.05, 4.69) is 63.3 Å². The molecule has 0 spiro atoms. The third-order valence-electron chi connectivity index (χ3n) is 3.55. The highest BCUT2D eigenvalue weighted by molar-refractivity contribution is 7.11. The molecule has 0 amide bonds. The van der Waals surface area contributed by atoms with Crippen molar-refractivity contribution >= 4 is 11.3 Å². The Morgan fingerprint density at radius 2 is 1.84 bits per heavy atom. The van der Waals surface area contributed by atoms with E-state index in [4.69, 9.17) is 0 Å². The van der Waals surface area contributed by atoms with E-state index in [1.807, 2.05) is 11.3 Å². The molecule has 0 bridgehead atoms. The standard InChI is InChI=1S/C17H23NS/c1-5-15-8-9-16(19-15)11-18-14(4)17-10-12(2)6-7-13(17)3/h6-10,14,18H,5,11H2,1-4H3. The monoisotopic (exact) mass is 273 g/mol. The zero-order chi connectivity index (χ0) is 13.8. The maximum Gasteiger partial charge on any atom is 0.0305 e. The minimum atomic E-state index is 0.395. The van der Waals surface area contributed by atoms with E-state index in [1.54, 1.807) is 0 Å². The second kappa shape index (κ2) is 6.36. The third-order valence-corrected chi connectivity index (χ3v) is 4.78. The molecule has 0 saturated heterocycles. The summed E-state index contributed by atoms with van der Waals surface area (Å²) in [6, 6.07) is 11.6. The van der Waals surface area contributed by atoms with Crippen molar-refractivity contribution in [3.05, 3.63) is 56.8 Å². The highest BCUT2D eigenvalue weighted by Gasteiger charge is 2.08. The fourth-order valence-corrected chi connectivity index (χ4v) is 3.21. The zero-order valence-corrected chi connectivity index (χ0v) is 13.1. The van der Waals surface area contributed by atoms with Gasteiger partial charge in [-0.3, -0.25) is 0 Å². The van der Waals surface area contributed by atoms with Gasteiger partial charge >= 0.3 is 0 Å². The summed E-state index contributed by atoms with van der Waals surface area (Å²) in [6.45, 7) is 9.76. The molecule has 1 unspecified atom stereocenters. The molecule has 1 heterocycles. The van der Waals surface area contributed by atoms with Crippen LogP contribution in [0, 0.1) is 13.8 Å². The van der Waals surface area contributed by atoms with Crippen LogP contribution in [-0.2, 0) is 13.0 Å². The van der Waals surface area contributed by atoms with Crippen LogP contribution in [0.2, 0.25) is 0 Å². The van der Waals surface area contributed by atoms with Gasteiger partial charge in [0, 0.05) is 22.3 Å². The minimum absolute atomic E-state index is 0.395. The molecule has 1 nitrogen and oxygen atoms in total. The number of thiophene rings is 1. The molecule has 0 radical (unpaired) electrons. The topological polar surface area (TPSA) is 12.0 Å². The van der Waals surface area contributed by atoms with Gasteiger partial charge in [-0.25, -0.2) is 0 Å². The lowest BCUT2D eigenvalue weighted by molar-refractivity contribution is 0.576. The number of rotatable bonds is 5. The van der Waals surface area contributed by atoms with Crippen LogP contribution in [0.1, 0.15) is 46.3 Å². The van der Waals surface area contributed by atoms with Crippen molar-refractivity contribution in [3.63, 3.8) is 0 Å². The van der Waals surface area contributed by atoms with Gasteiger partial charge in [-0.15, -0.1) is 11.3 Å². The average Bonchev–Trinajstić information content (AvgIpc) is 2.87. The summed E-state index contributed by atoms with van der Waals surface area (Å²) in [5.41, 5.74) is 4.11. The van der Waals surface area contributed by atoms with Gasteiger partial charge in [-0.1, -0.05) is 30.7 Å². The lowest BCUT2D eigenvalue weighted by Crippen LogP contribution is -2.18. The van der Waals surface area contributed by atoms with E-state index in [-0.39, 0.29) is 0 Å². The van der Waals surface area contributed by atoms with Gasteiger partial charge in [-0.05, 0) is 50.5 Å². The number of benzene rings is 1. The maximum atomic E-state index is 3.63. The molecule has 0 fully saturated rings. The van der Waals surface area contributed by atoms with E-state index >= 15 is 0 Å². The SMILES string of the molecule is CCc1ccc(CNC(C)c2cc(C)ccc2C)s1. The Bertz CT molecular complexity index is 542. The molecular formula is C17H23NS. The van der Waals surface area contributed by atoms with Gasteiger partial charge in [-0.2, -0.15) is 0 Å². The van der Waals surface area contributed by atoms with Crippen molar-refractivity contribution in [1.29, 1.82) is 0 Å². The Hall–Kier alpha value is -1.12. The summed E-state index contributed by atoms with van der Waals surface area (Å²) in [5.74, 6) is 0. The molecule has 0 saturated carbocycles. The van der Waals surface area contributed by atoms with Crippen LogP contribution in [-0.4, -0.2) is 0 Å². The number of hydrogen-bond acceptors (Lipinski definition) is 2. The molecule has 1 aromatic heterocycles. The van der Waals surface area contributed by atoms with Crippen LogP contribution in [0.3, 0.4) is 0 Å². The minimum Gasteiger partial charge on any atom is -0.305 e. The average molecular weight is 273 g/mol. The van der Waals surface area contributed by atoms with Crippen LogP contribution in [0.15, 0.2) is 30.3 Å². The van der Waals surface area contributed by atoms with Gasteiger partial charge in [0.25, 0.3) is 0 Å². The van der Waals surface area contributed by atoms with Crippen molar-refractivity contribution in [1.82, 2.24) is 5.32 Å². The van der Waals surface area contributed by atoms with Crippen molar-refractivity contribution in [2.75, 3.05) is 0 Å². The fourth-order valence-electron chi connectivity index (χ4n) is 2.30. The summed E-state index contributed by atoms with van der Waals surface area (Å²) >= 11 is 1.91. The van der Waals surface area contributed by atoms with Crippen molar-refractivity contribution in [2.45, 2.75) is 46.7 Å². The molecule has 1 atom stereocenters. The number of nitrogens with one attached hydrogen (secondary N) is 1. The molecule has 102 valence electrons. The van der Waals surface area contributed by atoms with Gasteiger partial charge in [0.05, 0.1) is 0 Å². The Balaban J connectivity index is 2.00. The molecular weight excluding hydrogens is 250 g/mol. The Labute approximate surface area is 120 Å². The predicted molar refractivity (Wildman–Crippen MR) is 84.9 cm³/mol. The quantitative estimate of drug-likeness (QED) is 0.827. The second-order valence-corrected chi connectivity index (χ2v) is 6.44. The maximum absolute atomic E-state index is 3.63. The van der Waals surface area contributed by atoms with Crippen molar-refractivity contribution < 1.29 is 0 Å². The molecule has 2 heteroatoms. The smallest absolute Gasteiger partial charge is 0.0305 e. The Morgan fingerprint density at radius 1 is 1.11 bits per heavy atom. The molecule has 0 aliphatic rings. The summed E-state index contributed by atoms with van der Waals surface area (Å²) in [4.78, 5) is 2.89. The van der Waals surface area contributed by atoms with Crippen LogP contribution in [0.4, 0.5) is 0 Å². The Kier molecular flexibility index (Phi) is 4.78.